The van der Waals surface area contributed by atoms with Gasteiger partial charge in [0.1, 0.15) is 0 Å². The molecule has 110 valence electrons. The van der Waals surface area contributed by atoms with E-state index >= 15 is 0 Å². The Balaban J connectivity index is 2.27. The molecule has 21 heavy (non-hydrogen) atoms. The number of ether oxygens (including phenoxy) is 1. The summed E-state index contributed by atoms with van der Waals surface area (Å²) in [5.74, 6) is -2.04. The van der Waals surface area contributed by atoms with Crippen LogP contribution in [0.2, 0.25) is 0 Å². The molecule has 2 atom stereocenters. The lowest BCUT2D eigenvalue weighted by Gasteiger charge is -2.32. The van der Waals surface area contributed by atoms with Gasteiger partial charge in [-0.1, -0.05) is 18.2 Å². The highest BCUT2D eigenvalue weighted by molar-refractivity contribution is 6.02. The van der Waals surface area contributed by atoms with Gasteiger partial charge in [0, 0.05) is 11.8 Å². The fourth-order valence-electron chi connectivity index (χ4n) is 1.72. The summed E-state index contributed by atoms with van der Waals surface area (Å²) in [7, 11) is 0. The second-order valence-corrected chi connectivity index (χ2v) is 4.48. The first-order valence-electron chi connectivity index (χ1n) is 5.88. The van der Waals surface area contributed by atoms with Gasteiger partial charge in [0.2, 0.25) is 0 Å². The molecule has 1 aromatic carbocycles. The summed E-state index contributed by atoms with van der Waals surface area (Å²) in [6.07, 6.45) is -1.71. The molecule has 9 heteroatoms. The maximum absolute atomic E-state index is 11.9. The van der Waals surface area contributed by atoms with Gasteiger partial charge >= 0.3 is 23.4 Å². The van der Waals surface area contributed by atoms with E-state index in [2.05, 4.69) is 5.32 Å². The van der Waals surface area contributed by atoms with E-state index in [4.69, 9.17) is 4.74 Å². The van der Waals surface area contributed by atoms with E-state index in [1.165, 1.54) is 12.1 Å². The largest absolute Gasteiger partial charge is 0.429 e. The van der Waals surface area contributed by atoms with E-state index in [-0.39, 0.29) is 5.56 Å². The highest BCUT2D eigenvalue weighted by Gasteiger charge is 2.60. The number of carbonyl (C=O) groups excluding carboxylic acids is 3. The van der Waals surface area contributed by atoms with Crippen molar-refractivity contribution in [2.24, 2.45) is 0 Å². The average Bonchev–Trinajstić information content (AvgIpc) is 2.44. The van der Waals surface area contributed by atoms with Crippen molar-refractivity contribution < 1.29 is 24.0 Å². The van der Waals surface area contributed by atoms with Crippen LogP contribution in [0.3, 0.4) is 0 Å². The van der Waals surface area contributed by atoms with Crippen molar-refractivity contribution in [3.63, 3.8) is 0 Å². The van der Waals surface area contributed by atoms with Gasteiger partial charge < -0.3 is 4.74 Å². The number of imide groups is 1. The molecule has 0 aliphatic carbocycles. The molecule has 2 N–H and O–H groups in total. The van der Waals surface area contributed by atoms with Gasteiger partial charge in [0.25, 0.3) is 6.23 Å². The van der Waals surface area contributed by atoms with Gasteiger partial charge in [-0.05, 0) is 12.1 Å². The number of benzene rings is 1. The second kappa shape index (κ2) is 5.19. The molecule has 0 saturated carbocycles. The van der Waals surface area contributed by atoms with Crippen molar-refractivity contribution in [1.82, 2.24) is 10.6 Å². The van der Waals surface area contributed by atoms with E-state index in [1.54, 1.807) is 23.5 Å². The van der Waals surface area contributed by atoms with Crippen LogP contribution in [0, 0.1) is 10.1 Å². The lowest BCUT2D eigenvalue weighted by molar-refractivity contribution is -0.561. The number of urea groups is 1. The number of nitrogens with one attached hydrogen (secondary N) is 2. The molecule has 1 aromatic rings. The fourth-order valence-corrected chi connectivity index (χ4v) is 1.72. The molecule has 0 bridgehead atoms. The lowest BCUT2D eigenvalue weighted by atomic mass is 9.98. The number of nitrogens with zero attached hydrogens (tertiary/aromatic N) is 1. The molecule has 1 aliphatic heterocycles. The second-order valence-electron chi connectivity index (χ2n) is 4.48. The van der Waals surface area contributed by atoms with Gasteiger partial charge in [-0.15, -0.1) is 0 Å². The van der Waals surface area contributed by atoms with Gasteiger partial charge in [0.15, 0.2) is 0 Å². The van der Waals surface area contributed by atoms with Crippen LogP contribution < -0.4 is 10.6 Å². The Bertz CT molecular complexity index is 617. The highest BCUT2D eigenvalue weighted by Crippen LogP contribution is 2.20. The zero-order valence-corrected chi connectivity index (χ0v) is 10.9. The van der Waals surface area contributed by atoms with E-state index in [1.807, 2.05) is 0 Å². The Kier molecular flexibility index (Phi) is 3.57. The number of esters is 1. The van der Waals surface area contributed by atoms with Crippen LogP contribution in [0.5, 0.6) is 0 Å². The summed E-state index contributed by atoms with van der Waals surface area (Å²) in [6.45, 7) is 0.963. The Hall–Kier alpha value is -2.97. The molecular formula is C12H11N3O6. The number of amides is 3. The minimum atomic E-state index is -2.31. The summed E-state index contributed by atoms with van der Waals surface area (Å²) < 4.78 is 4.92. The van der Waals surface area contributed by atoms with Crippen LogP contribution in [-0.4, -0.2) is 34.6 Å². The van der Waals surface area contributed by atoms with Crippen molar-refractivity contribution in [2.75, 3.05) is 0 Å². The predicted molar refractivity (Wildman–Crippen MR) is 67.7 cm³/mol. The quantitative estimate of drug-likeness (QED) is 0.460. The molecule has 2 unspecified atom stereocenters. The molecule has 2 rings (SSSR count). The number of hydrogen-bond acceptors (Lipinski definition) is 6. The maximum Gasteiger partial charge on any atom is 0.350 e. The van der Waals surface area contributed by atoms with Gasteiger partial charge in [-0.25, -0.2) is 9.59 Å². The van der Waals surface area contributed by atoms with Crippen LogP contribution >= 0.6 is 0 Å². The third-order valence-electron chi connectivity index (χ3n) is 3.07. The molecule has 0 spiro atoms. The third-order valence-corrected chi connectivity index (χ3v) is 3.07. The van der Waals surface area contributed by atoms with Crippen molar-refractivity contribution in [2.45, 2.75) is 18.7 Å². The lowest BCUT2D eigenvalue weighted by Crippen LogP contribution is -2.71. The molecule has 0 radical (unpaired) electrons. The van der Waals surface area contributed by atoms with Crippen molar-refractivity contribution in [3.05, 3.63) is 46.0 Å². The van der Waals surface area contributed by atoms with Crippen LogP contribution in [0.15, 0.2) is 30.3 Å². The molecule has 1 heterocycles. The van der Waals surface area contributed by atoms with E-state index in [9.17, 15) is 24.5 Å². The van der Waals surface area contributed by atoms with Crippen LogP contribution in [0.1, 0.15) is 17.3 Å². The van der Waals surface area contributed by atoms with Crippen LogP contribution in [0.25, 0.3) is 0 Å². The van der Waals surface area contributed by atoms with Gasteiger partial charge in [-0.3, -0.25) is 25.5 Å². The summed E-state index contributed by atoms with van der Waals surface area (Å²) >= 11 is 0. The topological polar surface area (TPSA) is 128 Å². The summed E-state index contributed by atoms with van der Waals surface area (Å²) in [6, 6.07) is 6.75. The monoisotopic (exact) mass is 293 g/mol. The van der Waals surface area contributed by atoms with Crippen LogP contribution in [0.4, 0.5) is 4.79 Å². The minimum absolute atomic E-state index is 0.142. The van der Waals surface area contributed by atoms with E-state index < -0.39 is 34.6 Å². The first kappa shape index (κ1) is 14.4. The molecule has 3 amide bonds. The Morgan fingerprint density at radius 3 is 2.52 bits per heavy atom. The van der Waals surface area contributed by atoms with Crippen LogP contribution in [-0.2, 0) is 9.53 Å². The molecule has 9 nitrogen and oxygen atoms in total. The van der Waals surface area contributed by atoms with Crippen molar-refractivity contribution >= 4 is 17.9 Å². The Labute approximate surface area is 118 Å². The molecule has 0 aromatic heterocycles. The summed E-state index contributed by atoms with van der Waals surface area (Å²) in [5, 5.41) is 15.0. The normalized spacial score (nSPS) is 24.7. The third kappa shape index (κ3) is 2.53. The summed E-state index contributed by atoms with van der Waals surface area (Å²) in [4.78, 5) is 45.1. The smallest absolute Gasteiger partial charge is 0.350 e. The number of rotatable bonds is 3. The van der Waals surface area contributed by atoms with Crippen molar-refractivity contribution in [3.8, 4) is 0 Å². The summed E-state index contributed by atoms with van der Waals surface area (Å²) in [5.41, 5.74) is -2.17. The SMILES string of the molecule is CC1([N+](=O)[O-])C(=O)NC(=O)NC1OC(=O)c1ccccc1. The highest BCUT2D eigenvalue weighted by atomic mass is 16.6. The first-order chi connectivity index (χ1) is 9.85. The standard InChI is InChI=1S/C12H11N3O6/c1-12(15(19)20)9(17)13-11(18)14-10(12)21-8(16)7-5-3-2-4-6-7/h2-6,10H,1H3,(H2,13,14,17,18). The van der Waals surface area contributed by atoms with E-state index in [0.717, 1.165) is 6.92 Å². The zero-order valence-electron chi connectivity index (χ0n) is 10.9. The number of nitro groups is 1. The molecule has 1 saturated heterocycles. The van der Waals surface area contributed by atoms with Gasteiger partial charge in [0.05, 0.1) is 5.56 Å². The predicted octanol–water partition coefficient (Wildman–Crippen LogP) is 0.0443. The maximum atomic E-state index is 11.9. The average molecular weight is 293 g/mol. The zero-order chi connectivity index (χ0) is 15.6. The number of carbonyl (C=O) groups is 3. The molecule has 1 fully saturated rings. The molecule has 1 aliphatic rings. The first-order valence-corrected chi connectivity index (χ1v) is 5.88. The van der Waals surface area contributed by atoms with Gasteiger partial charge in [-0.2, -0.15) is 0 Å². The fraction of sp³-hybridized carbons (Fsp3) is 0.250. The molecular weight excluding hydrogens is 282 g/mol. The Morgan fingerprint density at radius 1 is 1.33 bits per heavy atom. The minimum Gasteiger partial charge on any atom is -0.429 e. The number of hydrogen-bond donors (Lipinski definition) is 2. The van der Waals surface area contributed by atoms with Crippen molar-refractivity contribution in [1.29, 1.82) is 0 Å². The Morgan fingerprint density at radius 2 is 1.95 bits per heavy atom. The van der Waals surface area contributed by atoms with E-state index in [0.29, 0.717) is 0 Å².